The first-order valence-corrected chi connectivity index (χ1v) is 4.94. The number of amides is 1. The van der Waals surface area contributed by atoms with E-state index in [1.54, 1.807) is 0 Å². The largest absolute Gasteiger partial charge is 0.550 e. The molecule has 1 aromatic rings. The van der Waals surface area contributed by atoms with Crippen molar-refractivity contribution in [3.8, 4) is 0 Å². The summed E-state index contributed by atoms with van der Waals surface area (Å²) in [7, 11) is 0. The third kappa shape index (κ3) is 4.58. The fraction of sp³-hybridized carbons (Fsp3) is 0.273. The highest BCUT2D eigenvalue weighted by atomic mass is 19.2. The van der Waals surface area contributed by atoms with Crippen molar-refractivity contribution in [3.63, 3.8) is 0 Å². The third-order valence-electron chi connectivity index (χ3n) is 1.99. The van der Waals surface area contributed by atoms with Gasteiger partial charge in [-0.1, -0.05) is 0 Å². The van der Waals surface area contributed by atoms with Gasteiger partial charge < -0.3 is 15.2 Å². The van der Waals surface area contributed by atoms with E-state index in [2.05, 4.69) is 5.32 Å². The Bertz CT molecular complexity index is 435. The lowest BCUT2D eigenvalue weighted by Crippen LogP contribution is -2.22. The monoisotopic (exact) mass is 242 g/mol. The maximum atomic E-state index is 12.8. The SMILES string of the molecule is O=C([O-])CCCC(=O)Nc1ccc(F)c(F)c1. The molecule has 0 fully saturated rings. The molecule has 0 bridgehead atoms. The zero-order valence-electron chi connectivity index (χ0n) is 8.83. The maximum absolute atomic E-state index is 12.8. The Kier molecular flexibility index (Phi) is 4.56. The van der Waals surface area contributed by atoms with Crippen LogP contribution in [0, 0.1) is 11.6 Å². The molecule has 0 atom stereocenters. The quantitative estimate of drug-likeness (QED) is 0.831. The van der Waals surface area contributed by atoms with Crippen LogP contribution >= 0.6 is 0 Å². The lowest BCUT2D eigenvalue weighted by atomic mass is 10.2. The summed E-state index contributed by atoms with van der Waals surface area (Å²) in [6.45, 7) is 0. The first kappa shape index (κ1) is 13.1. The third-order valence-corrected chi connectivity index (χ3v) is 1.99. The van der Waals surface area contributed by atoms with Gasteiger partial charge in [0.25, 0.3) is 0 Å². The Balaban J connectivity index is 2.45. The summed E-state index contributed by atoms with van der Waals surface area (Å²) in [5, 5.41) is 12.4. The lowest BCUT2D eigenvalue weighted by Gasteiger charge is -2.05. The summed E-state index contributed by atoms with van der Waals surface area (Å²) in [4.78, 5) is 21.3. The molecule has 0 saturated heterocycles. The van der Waals surface area contributed by atoms with Gasteiger partial charge in [0.05, 0.1) is 0 Å². The topological polar surface area (TPSA) is 69.2 Å². The molecule has 0 saturated carbocycles. The van der Waals surface area contributed by atoms with E-state index in [0.29, 0.717) is 0 Å². The minimum atomic E-state index is -1.23. The molecule has 92 valence electrons. The Labute approximate surface area is 96.3 Å². The van der Waals surface area contributed by atoms with Crippen LogP contribution in [-0.2, 0) is 9.59 Å². The number of halogens is 2. The number of carboxylic acids is 1. The highest BCUT2D eigenvalue weighted by Crippen LogP contribution is 2.13. The molecule has 0 aromatic heterocycles. The molecule has 1 N–H and O–H groups in total. The Hall–Kier alpha value is -1.98. The van der Waals surface area contributed by atoms with E-state index < -0.39 is 23.5 Å². The molecule has 6 heteroatoms. The molecular weight excluding hydrogens is 232 g/mol. The van der Waals surface area contributed by atoms with Crippen molar-refractivity contribution in [2.24, 2.45) is 0 Å². The van der Waals surface area contributed by atoms with Crippen LogP contribution in [0.2, 0.25) is 0 Å². The minimum Gasteiger partial charge on any atom is -0.550 e. The van der Waals surface area contributed by atoms with Crippen molar-refractivity contribution < 1.29 is 23.5 Å². The van der Waals surface area contributed by atoms with E-state index in [-0.39, 0.29) is 24.9 Å². The average Bonchev–Trinajstić information content (AvgIpc) is 2.23. The fourth-order valence-corrected chi connectivity index (χ4v) is 1.19. The Morgan fingerprint density at radius 3 is 2.47 bits per heavy atom. The van der Waals surface area contributed by atoms with Crippen LogP contribution in [0.1, 0.15) is 19.3 Å². The van der Waals surface area contributed by atoms with Crippen molar-refractivity contribution >= 4 is 17.6 Å². The zero-order valence-corrected chi connectivity index (χ0v) is 8.83. The molecule has 1 amide bonds. The molecule has 17 heavy (non-hydrogen) atoms. The van der Waals surface area contributed by atoms with Crippen molar-refractivity contribution in [1.29, 1.82) is 0 Å². The number of benzene rings is 1. The molecule has 0 radical (unpaired) electrons. The van der Waals surface area contributed by atoms with Crippen molar-refractivity contribution in [3.05, 3.63) is 29.8 Å². The summed E-state index contributed by atoms with van der Waals surface area (Å²) in [6.07, 6.45) is -0.101. The fourth-order valence-electron chi connectivity index (χ4n) is 1.19. The summed E-state index contributed by atoms with van der Waals surface area (Å²) >= 11 is 0. The maximum Gasteiger partial charge on any atom is 0.224 e. The Morgan fingerprint density at radius 2 is 1.88 bits per heavy atom. The highest BCUT2D eigenvalue weighted by molar-refractivity contribution is 5.90. The van der Waals surface area contributed by atoms with Gasteiger partial charge in [0.2, 0.25) is 5.91 Å². The minimum absolute atomic E-state index is 0.0209. The molecule has 0 aliphatic heterocycles. The van der Waals surface area contributed by atoms with Crippen LogP contribution in [0.5, 0.6) is 0 Å². The van der Waals surface area contributed by atoms with Gasteiger partial charge in [-0.05, 0) is 25.0 Å². The number of hydrogen-bond donors (Lipinski definition) is 1. The van der Waals surface area contributed by atoms with E-state index >= 15 is 0 Å². The number of rotatable bonds is 5. The van der Waals surface area contributed by atoms with Crippen molar-refractivity contribution in [1.82, 2.24) is 0 Å². The second-order valence-electron chi connectivity index (χ2n) is 3.40. The summed E-state index contributed by atoms with van der Waals surface area (Å²) < 4.78 is 25.3. The van der Waals surface area contributed by atoms with Crippen LogP contribution in [-0.4, -0.2) is 11.9 Å². The number of carbonyl (C=O) groups is 2. The van der Waals surface area contributed by atoms with Gasteiger partial charge in [-0.25, -0.2) is 8.78 Å². The molecule has 1 rings (SSSR count). The van der Waals surface area contributed by atoms with Gasteiger partial charge in [0, 0.05) is 24.1 Å². The van der Waals surface area contributed by atoms with E-state index in [9.17, 15) is 23.5 Å². The van der Waals surface area contributed by atoms with Crippen LogP contribution in [0.4, 0.5) is 14.5 Å². The molecular formula is C11H10F2NO3-. The molecule has 0 heterocycles. The molecule has 0 aliphatic carbocycles. The number of hydrogen-bond acceptors (Lipinski definition) is 3. The number of aliphatic carboxylic acids is 1. The second-order valence-corrected chi connectivity index (χ2v) is 3.40. The molecule has 0 spiro atoms. The van der Waals surface area contributed by atoms with Crippen molar-refractivity contribution in [2.75, 3.05) is 5.32 Å². The van der Waals surface area contributed by atoms with E-state index in [1.165, 1.54) is 6.07 Å². The molecule has 0 unspecified atom stereocenters. The van der Waals surface area contributed by atoms with Gasteiger partial charge in [-0.3, -0.25) is 4.79 Å². The molecule has 1 aromatic carbocycles. The van der Waals surface area contributed by atoms with Crippen LogP contribution in [0.15, 0.2) is 18.2 Å². The zero-order chi connectivity index (χ0) is 12.8. The van der Waals surface area contributed by atoms with Crippen LogP contribution < -0.4 is 10.4 Å². The van der Waals surface area contributed by atoms with Gasteiger partial charge in [-0.15, -0.1) is 0 Å². The predicted molar refractivity (Wildman–Crippen MR) is 53.8 cm³/mol. The second kappa shape index (κ2) is 5.93. The first-order valence-electron chi connectivity index (χ1n) is 4.94. The standard InChI is InChI=1S/C11H11F2NO3/c12-8-5-4-7(6-9(8)13)14-10(15)2-1-3-11(16)17/h4-6H,1-3H2,(H,14,15)(H,16,17)/p-1. The van der Waals surface area contributed by atoms with E-state index in [4.69, 9.17) is 0 Å². The summed E-state index contributed by atoms with van der Waals surface area (Å²) in [5.74, 6) is -3.75. The Morgan fingerprint density at radius 1 is 1.18 bits per heavy atom. The normalized spacial score (nSPS) is 10.0. The highest BCUT2D eigenvalue weighted by Gasteiger charge is 2.05. The number of nitrogens with one attached hydrogen (secondary N) is 1. The lowest BCUT2D eigenvalue weighted by molar-refractivity contribution is -0.305. The smallest absolute Gasteiger partial charge is 0.224 e. The predicted octanol–water partition coefficient (Wildman–Crippen LogP) is 0.823. The van der Waals surface area contributed by atoms with Gasteiger partial charge >= 0.3 is 0 Å². The van der Waals surface area contributed by atoms with Crippen molar-refractivity contribution in [2.45, 2.75) is 19.3 Å². The van der Waals surface area contributed by atoms with E-state index in [1.807, 2.05) is 0 Å². The van der Waals surface area contributed by atoms with Crippen LogP contribution in [0.3, 0.4) is 0 Å². The number of carboxylic acid groups (broad SMARTS) is 1. The number of anilines is 1. The first-order chi connectivity index (χ1) is 7.99. The summed E-state index contributed by atoms with van der Waals surface area (Å²) in [5.41, 5.74) is 0.127. The van der Waals surface area contributed by atoms with Gasteiger partial charge in [-0.2, -0.15) is 0 Å². The number of carbonyl (C=O) groups excluding carboxylic acids is 2. The van der Waals surface area contributed by atoms with Gasteiger partial charge in [0.1, 0.15) is 0 Å². The van der Waals surface area contributed by atoms with Crippen LogP contribution in [0.25, 0.3) is 0 Å². The average molecular weight is 242 g/mol. The summed E-state index contributed by atoms with van der Waals surface area (Å²) in [6, 6.07) is 2.97. The molecule has 0 aliphatic rings. The van der Waals surface area contributed by atoms with E-state index in [0.717, 1.165) is 12.1 Å². The molecule has 4 nitrogen and oxygen atoms in total. The van der Waals surface area contributed by atoms with Gasteiger partial charge in [0.15, 0.2) is 11.6 Å².